The van der Waals surface area contributed by atoms with Crippen molar-refractivity contribution >= 4 is 66.5 Å². The van der Waals surface area contributed by atoms with Gasteiger partial charge in [-0.05, 0) is 193 Å². The molecule has 4 aromatic rings. The summed E-state index contributed by atoms with van der Waals surface area (Å²) in [5.41, 5.74) is 2.57. The van der Waals surface area contributed by atoms with E-state index in [1.54, 1.807) is 105 Å². The zero-order chi connectivity index (χ0) is 82.5. The smallest absolute Gasteiger partial charge is 0.744 e. The van der Waals surface area contributed by atoms with Gasteiger partial charge < -0.3 is 61.8 Å². The van der Waals surface area contributed by atoms with Gasteiger partial charge >= 0.3 is 59.1 Å². The van der Waals surface area contributed by atoms with Gasteiger partial charge in [-0.3, -0.25) is 38.4 Å². The zero-order valence-electron chi connectivity index (χ0n) is 69.6. The molecule has 0 heterocycles. The van der Waals surface area contributed by atoms with Crippen molar-refractivity contribution in [2.75, 3.05) is 150 Å². The minimum atomic E-state index is -4.67. The van der Waals surface area contributed by atoms with Gasteiger partial charge in [-0.25, -0.2) is 16.8 Å². The second-order valence-electron chi connectivity index (χ2n) is 25.7. The van der Waals surface area contributed by atoms with Crippen LogP contribution < -0.4 is 64.4 Å². The van der Waals surface area contributed by atoms with E-state index in [4.69, 9.17) is 47.4 Å². The van der Waals surface area contributed by atoms with E-state index in [1.807, 2.05) is 7.05 Å². The SMILES string of the molecule is CC(=O)c1cc(C(C)=O)cc(S(=O)(=O)[O-])c1.CC(=O)c1cc(C(C)=O)cc(S(=O)(=O)[O-])c1.CC(=O)c1ccc(C(C)=O)cc1.CC(=O)c1cccc(C(C)=O)c1.CCCCCCCCNC.COCC1CCC(COC)CC1.COCC1CCC(COC)CC1.COCCOCCOC.COCCOCCOC.[Na+].[Na+]. The van der Waals surface area contributed by atoms with E-state index < -0.39 is 53.2 Å². The maximum atomic E-state index is 11.1. The summed E-state index contributed by atoms with van der Waals surface area (Å²) in [6.45, 7) is 23.3. The molecule has 0 spiro atoms. The molecule has 614 valence electrons. The average Bonchev–Trinajstić information content (AvgIpc) is 0.824. The molecule has 0 saturated heterocycles. The van der Waals surface area contributed by atoms with Gasteiger partial charge in [0.2, 0.25) is 0 Å². The number of methoxy groups -OCH3 is 8. The van der Waals surface area contributed by atoms with Gasteiger partial charge in [-0.2, -0.15) is 0 Å². The topological polar surface area (TPSA) is 355 Å². The van der Waals surface area contributed by atoms with E-state index in [0.717, 1.165) is 74.4 Å². The molecule has 0 amide bonds. The van der Waals surface area contributed by atoms with Crippen LogP contribution >= 0.6 is 0 Å². The van der Waals surface area contributed by atoms with Crippen molar-refractivity contribution in [3.63, 3.8) is 0 Å². The van der Waals surface area contributed by atoms with Crippen molar-refractivity contribution in [1.29, 1.82) is 0 Å². The molecule has 110 heavy (non-hydrogen) atoms. The number of nitrogens with one attached hydrogen (secondary N) is 1. The van der Waals surface area contributed by atoms with Crippen LogP contribution in [-0.4, -0.2) is 222 Å². The van der Waals surface area contributed by atoms with Gasteiger partial charge in [-0.1, -0.05) is 81.5 Å². The number of unbranched alkanes of at least 4 members (excludes halogenated alkanes) is 5. The Morgan fingerprint density at radius 2 is 0.564 bits per heavy atom. The van der Waals surface area contributed by atoms with Crippen molar-refractivity contribution in [2.45, 2.75) is 162 Å². The fraction of sp³-hybridized carbons (Fsp3) is 0.605. The van der Waals surface area contributed by atoms with E-state index in [2.05, 4.69) is 12.2 Å². The Hall–Kier alpha value is -4.38. The zero-order valence-corrected chi connectivity index (χ0v) is 75.2. The molecule has 25 nitrogen and oxygen atoms in total. The Labute approximate surface area is 702 Å². The van der Waals surface area contributed by atoms with Gasteiger partial charge in [0.25, 0.3) is 0 Å². The molecule has 0 aromatic heterocycles. The van der Waals surface area contributed by atoms with E-state index in [9.17, 15) is 64.3 Å². The molecule has 6 rings (SSSR count). The number of Topliss-reactive ketones (excluding diaryl/α,β-unsaturated/α-hetero) is 8. The maximum Gasteiger partial charge on any atom is 1.00 e. The quantitative estimate of drug-likeness (QED) is 0.0197. The Bertz CT molecular complexity index is 3060. The van der Waals surface area contributed by atoms with Crippen LogP contribution in [0.2, 0.25) is 0 Å². The first-order valence-corrected chi connectivity index (χ1v) is 39.2. The van der Waals surface area contributed by atoms with Crippen LogP contribution in [0.25, 0.3) is 0 Å². The fourth-order valence-electron chi connectivity index (χ4n) is 10.1. The molecule has 0 bridgehead atoms. The third kappa shape index (κ3) is 60.2. The largest absolute Gasteiger partial charge is 1.00 e. The normalized spacial score (nSPS) is 14.5. The first kappa shape index (κ1) is 114. The molecule has 0 atom stereocenters. The van der Waals surface area contributed by atoms with Crippen LogP contribution in [0, 0.1) is 23.7 Å². The molecule has 0 aliphatic heterocycles. The molecule has 2 aliphatic carbocycles. The molecule has 0 unspecified atom stereocenters. The van der Waals surface area contributed by atoms with Crippen molar-refractivity contribution in [2.24, 2.45) is 23.7 Å². The number of hydrogen-bond acceptors (Lipinski definition) is 25. The van der Waals surface area contributed by atoms with Gasteiger partial charge in [-0.15, -0.1) is 0 Å². The molecule has 2 fully saturated rings. The van der Waals surface area contributed by atoms with E-state index >= 15 is 0 Å². The standard InChI is InChI=1S/2C10H10O5S.2C10H20O2.2C10H10O2.C9H21N.2C6H14O3.2Na/c2*1-6(11)8-3-9(7(2)12)5-10(4-8)16(13,14)15;2*1-11-7-9-3-5-10(6-4-9)8-12-2;1-7(11)9-3-5-10(6-4-9)8(2)12;1-7(11)9-4-3-5-10(6-9)8(2)12;1-3-4-5-6-7-8-9-10-2;2*1-7-3-5-9-6-4-8-2;;/h2*3-5H,1-2H3,(H,13,14,15);2*9-10H,3-8H2,1-2H3;2*3-6H,1-2H3;10H,3-9H2,1-2H3;2*3-6H2,1-2H3;;/q;;;;;;;;;2*+1/p-2. The molecular weight excluding hydrogens is 1480 g/mol. The van der Waals surface area contributed by atoms with E-state index in [-0.39, 0.29) is 105 Å². The summed E-state index contributed by atoms with van der Waals surface area (Å²) in [6, 6.07) is 19.8. The third-order valence-corrected chi connectivity index (χ3v) is 18.1. The second-order valence-corrected chi connectivity index (χ2v) is 28.4. The second kappa shape index (κ2) is 71.2. The summed E-state index contributed by atoms with van der Waals surface area (Å²) in [7, 11) is 6.46. The van der Waals surface area contributed by atoms with Crippen LogP contribution in [0.4, 0.5) is 0 Å². The molecule has 0 radical (unpaired) electrons. The maximum absolute atomic E-state index is 11.1. The van der Waals surface area contributed by atoms with Crippen LogP contribution in [0.15, 0.2) is 94.7 Å². The van der Waals surface area contributed by atoms with Crippen molar-refractivity contribution in [3.05, 3.63) is 129 Å². The number of ether oxygens (including phenoxy) is 10. The minimum Gasteiger partial charge on any atom is -0.744 e. The van der Waals surface area contributed by atoms with Gasteiger partial charge in [0.1, 0.15) is 20.2 Å². The van der Waals surface area contributed by atoms with Gasteiger partial charge in [0, 0.05) is 128 Å². The predicted molar refractivity (Wildman–Crippen MR) is 417 cm³/mol. The number of benzene rings is 4. The molecule has 2 saturated carbocycles. The van der Waals surface area contributed by atoms with Crippen LogP contribution in [0.1, 0.15) is 235 Å². The Morgan fingerprint density at radius 1 is 0.336 bits per heavy atom. The predicted octanol–water partition coefficient (Wildman–Crippen LogP) is 7.51. The fourth-order valence-corrected chi connectivity index (χ4v) is 11.2. The van der Waals surface area contributed by atoms with Crippen LogP contribution in [0.5, 0.6) is 0 Å². The van der Waals surface area contributed by atoms with Crippen molar-refractivity contribution in [3.8, 4) is 0 Å². The van der Waals surface area contributed by atoms with Crippen molar-refractivity contribution in [1.82, 2.24) is 5.32 Å². The summed E-state index contributed by atoms with van der Waals surface area (Å²) < 4.78 is 115. The summed E-state index contributed by atoms with van der Waals surface area (Å²) in [5, 5.41) is 3.16. The monoisotopic (exact) mass is 1610 g/mol. The van der Waals surface area contributed by atoms with Crippen molar-refractivity contribution < 1.29 is 171 Å². The molecule has 4 aromatic carbocycles. The Morgan fingerprint density at radius 3 is 0.764 bits per heavy atom. The Balaban J connectivity index is -0.000000378. The number of hydrogen-bond donors (Lipinski definition) is 1. The first-order valence-electron chi connectivity index (χ1n) is 36.3. The number of rotatable bonds is 37. The number of ketones is 8. The molecule has 1 N–H and O–H groups in total. The molecular formula is C81H127NNa2O24S2. The molecule has 29 heteroatoms. The summed E-state index contributed by atoms with van der Waals surface area (Å²) >= 11 is 0. The van der Waals surface area contributed by atoms with Crippen LogP contribution in [-0.2, 0) is 67.6 Å². The summed E-state index contributed by atoms with van der Waals surface area (Å²) in [5.74, 6) is 1.60. The minimum absolute atomic E-state index is 0. The van der Waals surface area contributed by atoms with Gasteiger partial charge in [0.15, 0.2) is 46.3 Å². The molecule has 2 aliphatic rings. The summed E-state index contributed by atoms with van der Waals surface area (Å²) in [6.07, 6.45) is 18.9. The van der Waals surface area contributed by atoms with E-state index in [1.165, 1.54) is 164 Å². The number of carbonyl (C=O) groups is 8. The van der Waals surface area contributed by atoms with E-state index in [0.29, 0.717) is 75.1 Å². The average molecular weight is 1610 g/mol. The Kier molecular flexibility index (Phi) is 73.9. The van der Waals surface area contributed by atoms with Gasteiger partial charge in [0.05, 0.1) is 62.6 Å². The summed E-state index contributed by atoms with van der Waals surface area (Å²) in [4.78, 5) is 86.7. The van der Waals surface area contributed by atoms with Crippen LogP contribution in [0.3, 0.4) is 0 Å². The first-order chi connectivity index (χ1) is 51.1. The number of carbonyl (C=O) groups excluding carboxylic acids is 8. The third-order valence-electron chi connectivity index (χ3n) is 16.4.